The van der Waals surface area contributed by atoms with E-state index >= 15 is 0 Å². The van der Waals surface area contributed by atoms with E-state index in [0.717, 1.165) is 26.1 Å². The van der Waals surface area contributed by atoms with E-state index in [0.29, 0.717) is 26.4 Å². The van der Waals surface area contributed by atoms with Crippen molar-refractivity contribution >= 4 is 5.91 Å². The summed E-state index contributed by atoms with van der Waals surface area (Å²) in [5.41, 5.74) is 0. The van der Waals surface area contributed by atoms with Crippen molar-refractivity contribution in [2.45, 2.75) is 200 Å². The maximum absolute atomic E-state index is 12.4. The molecule has 0 bridgehead atoms. The van der Waals surface area contributed by atoms with Crippen molar-refractivity contribution in [3.05, 3.63) is 0 Å². The average Bonchev–Trinajstić information content (AvgIpc) is 3.06. The predicted molar refractivity (Wildman–Crippen MR) is 197 cm³/mol. The summed E-state index contributed by atoms with van der Waals surface area (Å²) in [4.78, 5) is 12.4. The lowest BCUT2D eigenvalue weighted by Crippen LogP contribution is -2.43. The number of hydrogen-bond acceptors (Lipinski definition) is 5. The summed E-state index contributed by atoms with van der Waals surface area (Å²) in [7, 11) is 1.63. The molecule has 0 aromatic rings. The van der Waals surface area contributed by atoms with Crippen molar-refractivity contribution in [3.8, 4) is 0 Å². The lowest BCUT2D eigenvalue weighted by molar-refractivity contribution is -0.127. The van der Waals surface area contributed by atoms with Crippen molar-refractivity contribution in [2.75, 3.05) is 53.4 Å². The number of hydrogen-bond donors (Lipinski definition) is 1. The molecule has 0 aliphatic heterocycles. The largest absolute Gasteiger partial charge is 0.382 e. The van der Waals surface area contributed by atoms with Gasteiger partial charge in [-0.3, -0.25) is 4.79 Å². The van der Waals surface area contributed by atoms with Crippen LogP contribution in [0.3, 0.4) is 0 Å². The summed E-state index contributed by atoms with van der Waals surface area (Å²) < 4.78 is 22.3. The van der Waals surface area contributed by atoms with Gasteiger partial charge in [0.05, 0.1) is 32.5 Å². The minimum Gasteiger partial charge on any atom is -0.382 e. The molecular weight excluding hydrogens is 574 g/mol. The minimum atomic E-state index is -0.142. The molecule has 46 heavy (non-hydrogen) atoms. The van der Waals surface area contributed by atoms with E-state index in [2.05, 4.69) is 19.2 Å². The first-order valence-electron chi connectivity index (χ1n) is 20.3. The van der Waals surface area contributed by atoms with E-state index in [1.807, 2.05) is 0 Å². The highest BCUT2D eigenvalue weighted by Crippen LogP contribution is 2.14. The molecule has 0 aromatic carbocycles. The normalized spacial score (nSPS) is 11.6. The van der Waals surface area contributed by atoms with Crippen molar-refractivity contribution in [1.82, 2.24) is 5.32 Å². The van der Waals surface area contributed by atoms with Gasteiger partial charge in [0.25, 0.3) is 0 Å². The van der Waals surface area contributed by atoms with E-state index in [1.54, 1.807) is 7.11 Å². The van der Waals surface area contributed by atoms with Gasteiger partial charge in [0.1, 0.15) is 6.61 Å². The Labute approximate surface area is 287 Å². The summed E-state index contributed by atoms with van der Waals surface area (Å²) in [6.45, 7) is 7.97. The van der Waals surface area contributed by atoms with Crippen LogP contribution in [0.5, 0.6) is 0 Å². The van der Waals surface area contributed by atoms with Crippen LogP contribution >= 0.6 is 0 Å². The van der Waals surface area contributed by atoms with Crippen molar-refractivity contribution in [1.29, 1.82) is 0 Å². The fourth-order valence-electron chi connectivity index (χ4n) is 5.96. The summed E-state index contributed by atoms with van der Waals surface area (Å²) in [6.07, 6.45) is 37.9. The average molecular weight is 656 g/mol. The fourth-order valence-corrected chi connectivity index (χ4v) is 5.96. The molecule has 0 rings (SSSR count). The molecule has 0 aromatic heterocycles. The van der Waals surface area contributed by atoms with Crippen LogP contribution in [-0.2, 0) is 23.7 Å². The van der Waals surface area contributed by atoms with Gasteiger partial charge in [0.2, 0.25) is 5.91 Å². The first kappa shape index (κ1) is 45.3. The van der Waals surface area contributed by atoms with Crippen molar-refractivity contribution in [2.24, 2.45) is 0 Å². The van der Waals surface area contributed by atoms with E-state index in [9.17, 15) is 4.79 Å². The van der Waals surface area contributed by atoms with Crippen LogP contribution in [0.25, 0.3) is 0 Å². The number of carbonyl (C=O) groups is 1. The minimum absolute atomic E-state index is 0.0395. The van der Waals surface area contributed by atoms with Crippen molar-refractivity contribution < 1.29 is 23.7 Å². The van der Waals surface area contributed by atoms with E-state index in [-0.39, 0.29) is 18.6 Å². The maximum Gasteiger partial charge on any atom is 0.246 e. The standard InChI is InChI=1S/C40H81NO5/c1-4-6-8-10-12-14-16-18-20-22-24-26-28-30-32-44-36-39(41-40(42)38-46-35-34-43-3)37-45-33-31-29-27-25-23-21-19-17-15-13-11-9-7-5-2/h39H,4-38H2,1-3H3,(H,41,42). The quantitative estimate of drug-likeness (QED) is 0.0665. The summed E-state index contributed by atoms with van der Waals surface area (Å²) in [6, 6.07) is -0.142. The molecular formula is C40H81NO5. The fraction of sp³-hybridized carbons (Fsp3) is 0.975. The van der Waals surface area contributed by atoms with Gasteiger partial charge in [0, 0.05) is 20.3 Å². The molecule has 0 heterocycles. The number of carbonyl (C=O) groups excluding carboxylic acids is 1. The molecule has 0 atom stereocenters. The van der Waals surface area contributed by atoms with E-state index in [4.69, 9.17) is 18.9 Å². The third kappa shape index (κ3) is 37.8. The number of methoxy groups -OCH3 is 1. The molecule has 0 aliphatic rings. The number of unbranched alkanes of at least 4 members (excludes halogenated alkanes) is 26. The van der Waals surface area contributed by atoms with Crippen molar-refractivity contribution in [3.63, 3.8) is 0 Å². The smallest absolute Gasteiger partial charge is 0.246 e. The van der Waals surface area contributed by atoms with Gasteiger partial charge in [0.15, 0.2) is 0 Å². The van der Waals surface area contributed by atoms with Crippen LogP contribution in [0.15, 0.2) is 0 Å². The highest BCUT2D eigenvalue weighted by molar-refractivity contribution is 5.77. The molecule has 0 aliphatic carbocycles. The van der Waals surface area contributed by atoms with Gasteiger partial charge in [-0.15, -0.1) is 0 Å². The Bertz CT molecular complexity index is 540. The highest BCUT2D eigenvalue weighted by Gasteiger charge is 2.13. The molecule has 6 nitrogen and oxygen atoms in total. The lowest BCUT2D eigenvalue weighted by atomic mass is 10.0. The molecule has 0 unspecified atom stereocenters. The topological polar surface area (TPSA) is 66.0 Å². The molecule has 0 fully saturated rings. The zero-order valence-corrected chi connectivity index (χ0v) is 31.4. The molecule has 0 saturated carbocycles. The zero-order valence-electron chi connectivity index (χ0n) is 31.4. The third-order valence-corrected chi connectivity index (χ3v) is 8.95. The van der Waals surface area contributed by atoms with Crippen LogP contribution in [0.1, 0.15) is 194 Å². The number of nitrogens with one attached hydrogen (secondary N) is 1. The first-order valence-corrected chi connectivity index (χ1v) is 20.3. The number of amides is 1. The number of rotatable bonds is 40. The highest BCUT2D eigenvalue weighted by atomic mass is 16.5. The van der Waals surface area contributed by atoms with Crippen LogP contribution in [0.2, 0.25) is 0 Å². The second-order valence-corrected chi connectivity index (χ2v) is 13.7. The molecule has 1 amide bonds. The van der Waals surface area contributed by atoms with Gasteiger partial charge in [-0.25, -0.2) is 0 Å². The monoisotopic (exact) mass is 656 g/mol. The molecule has 0 radical (unpaired) electrons. The van der Waals surface area contributed by atoms with Crippen LogP contribution in [0.4, 0.5) is 0 Å². The van der Waals surface area contributed by atoms with Gasteiger partial charge in [-0.1, -0.05) is 181 Å². The first-order chi connectivity index (χ1) is 22.7. The Morgan fingerprint density at radius 1 is 0.435 bits per heavy atom. The molecule has 6 heteroatoms. The van der Waals surface area contributed by atoms with E-state index < -0.39 is 0 Å². The Balaban J connectivity index is 3.84. The molecule has 0 spiro atoms. The third-order valence-electron chi connectivity index (χ3n) is 8.95. The number of ether oxygens (including phenoxy) is 4. The Morgan fingerprint density at radius 3 is 1.09 bits per heavy atom. The van der Waals surface area contributed by atoms with Crippen LogP contribution in [0, 0.1) is 0 Å². The molecule has 0 saturated heterocycles. The van der Waals surface area contributed by atoms with Crippen LogP contribution < -0.4 is 5.32 Å². The predicted octanol–water partition coefficient (Wildman–Crippen LogP) is 11.1. The summed E-state index contributed by atoms with van der Waals surface area (Å²) in [5.74, 6) is -0.124. The molecule has 1 N–H and O–H groups in total. The maximum atomic E-state index is 12.4. The second-order valence-electron chi connectivity index (χ2n) is 13.7. The van der Waals surface area contributed by atoms with Gasteiger partial charge in [-0.2, -0.15) is 0 Å². The SMILES string of the molecule is CCCCCCCCCCCCCCCCOCC(COCCCCCCCCCCCCCCCC)NC(=O)COCCOC. The Kier molecular flexibility index (Phi) is 39.9. The van der Waals surface area contributed by atoms with Gasteiger partial charge >= 0.3 is 0 Å². The Hall–Kier alpha value is -0.690. The van der Waals surface area contributed by atoms with Gasteiger partial charge < -0.3 is 24.3 Å². The summed E-state index contributed by atoms with van der Waals surface area (Å²) in [5, 5.41) is 3.04. The Morgan fingerprint density at radius 2 is 0.761 bits per heavy atom. The lowest BCUT2D eigenvalue weighted by Gasteiger charge is -2.19. The second kappa shape index (κ2) is 40.5. The zero-order chi connectivity index (χ0) is 33.4. The van der Waals surface area contributed by atoms with Gasteiger partial charge in [-0.05, 0) is 12.8 Å². The summed E-state index contributed by atoms with van der Waals surface area (Å²) >= 11 is 0. The van der Waals surface area contributed by atoms with E-state index in [1.165, 1.54) is 167 Å². The van der Waals surface area contributed by atoms with Crippen LogP contribution in [-0.4, -0.2) is 65.3 Å². The molecule has 276 valence electrons.